The minimum Gasteiger partial charge on any atom is -0.508 e. The summed E-state index contributed by atoms with van der Waals surface area (Å²) in [6.07, 6.45) is 5.08. The fourth-order valence-electron chi connectivity index (χ4n) is 3.69. The third-order valence-electron chi connectivity index (χ3n) is 5.20. The average Bonchev–Trinajstić information content (AvgIpc) is 3.39. The molecule has 32 heavy (non-hydrogen) atoms. The van der Waals surface area contributed by atoms with Gasteiger partial charge in [-0.1, -0.05) is 0 Å². The summed E-state index contributed by atoms with van der Waals surface area (Å²) in [5.41, 5.74) is 8.54. The molecule has 158 valence electrons. The summed E-state index contributed by atoms with van der Waals surface area (Å²) >= 11 is 0. The van der Waals surface area contributed by atoms with Crippen LogP contribution in [0.4, 0.5) is 4.39 Å². The summed E-state index contributed by atoms with van der Waals surface area (Å²) in [7, 11) is 0. The maximum absolute atomic E-state index is 13.9. The van der Waals surface area contributed by atoms with Gasteiger partial charge in [-0.3, -0.25) is 15.5 Å². The van der Waals surface area contributed by atoms with E-state index in [2.05, 4.69) is 42.4 Å². The first-order valence-corrected chi connectivity index (χ1v) is 9.74. The third-order valence-corrected chi connectivity index (χ3v) is 5.20. The van der Waals surface area contributed by atoms with E-state index in [0.717, 1.165) is 44.9 Å². The monoisotopic (exact) mass is 427 g/mol. The fraction of sp³-hybridized carbons (Fsp3) is 0.0435. The summed E-state index contributed by atoms with van der Waals surface area (Å²) in [4.78, 5) is 12.2. The van der Waals surface area contributed by atoms with Gasteiger partial charge < -0.3 is 10.1 Å². The van der Waals surface area contributed by atoms with Crippen LogP contribution in [-0.2, 0) is 0 Å². The van der Waals surface area contributed by atoms with Crippen LogP contribution in [0.15, 0.2) is 60.1 Å². The Hall–Kier alpha value is -4.53. The van der Waals surface area contributed by atoms with E-state index in [1.807, 2.05) is 19.1 Å². The first kappa shape index (κ1) is 19.4. The summed E-state index contributed by atoms with van der Waals surface area (Å²) in [5.74, 6) is -0.646. The van der Waals surface area contributed by atoms with Crippen LogP contribution in [0.3, 0.4) is 0 Å². The van der Waals surface area contributed by atoms with Gasteiger partial charge in [-0.2, -0.15) is 10.2 Å². The van der Waals surface area contributed by atoms with E-state index in [1.165, 1.54) is 12.1 Å². The molecular formula is C23H18FN7O. The van der Waals surface area contributed by atoms with E-state index < -0.39 is 5.82 Å². The van der Waals surface area contributed by atoms with Crippen molar-refractivity contribution in [3.05, 3.63) is 66.5 Å². The molecule has 0 aliphatic heterocycles. The maximum Gasteiger partial charge on any atom is 0.138 e. The zero-order valence-corrected chi connectivity index (χ0v) is 17.0. The van der Waals surface area contributed by atoms with Crippen LogP contribution in [0.1, 0.15) is 12.6 Å². The number of aromatic nitrogens is 5. The third kappa shape index (κ3) is 3.35. The number of allylic oxidation sites excluding steroid dienone is 1. The number of aromatic hydroxyl groups is 1. The lowest BCUT2D eigenvalue weighted by Gasteiger charge is -2.04. The largest absolute Gasteiger partial charge is 0.508 e. The van der Waals surface area contributed by atoms with E-state index in [0.29, 0.717) is 16.9 Å². The minimum atomic E-state index is -0.511. The van der Waals surface area contributed by atoms with Gasteiger partial charge in [0.25, 0.3) is 0 Å². The molecule has 0 saturated carbocycles. The lowest BCUT2D eigenvalue weighted by atomic mass is 10.0. The van der Waals surface area contributed by atoms with Gasteiger partial charge in [0.2, 0.25) is 0 Å². The Morgan fingerprint density at radius 3 is 2.88 bits per heavy atom. The van der Waals surface area contributed by atoms with E-state index >= 15 is 0 Å². The highest BCUT2D eigenvalue weighted by Crippen LogP contribution is 2.34. The summed E-state index contributed by atoms with van der Waals surface area (Å²) in [6.45, 7) is 5.31. The SMILES string of the molecule is C=NN/C=C(\C)c1cc2c(-c3cc4c(-c5cc(O)cc(F)c5)ccnc4[nH]3)n[nH]c2cn1. The molecule has 4 heterocycles. The number of benzene rings is 1. The van der Waals surface area contributed by atoms with Gasteiger partial charge in [0, 0.05) is 36.0 Å². The van der Waals surface area contributed by atoms with Crippen molar-refractivity contribution >= 4 is 34.2 Å². The van der Waals surface area contributed by atoms with Gasteiger partial charge >= 0.3 is 0 Å². The van der Waals surface area contributed by atoms with Gasteiger partial charge in [0.15, 0.2) is 0 Å². The van der Waals surface area contributed by atoms with Crippen molar-refractivity contribution in [2.75, 3.05) is 0 Å². The van der Waals surface area contributed by atoms with E-state index in [1.54, 1.807) is 24.7 Å². The van der Waals surface area contributed by atoms with Crippen molar-refractivity contribution in [1.29, 1.82) is 0 Å². The number of hydrogen-bond acceptors (Lipinski definition) is 6. The molecule has 0 aliphatic rings. The Labute approximate surface area is 181 Å². The Bertz CT molecular complexity index is 1500. The standard InChI is InChI=1S/C23H18FN7O/c1-12(10-28-25-2)19-9-18-21(11-27-19)30-31-22(18)20-8-17-16(3-4-26-23(17)29-20)13-5-14(24)7-15(32)6-13/h3-11,28,32H,2H2,1H3,(H,26,29)(H,30,31)/b12-10+. The first-order chi connectivity index (χ1) is 15.5. The number of phenols is 1. The van der Waals surface area contributed by atoms with Crippen molar-refractivity contribution in [2.45, 2.75) is 6.92 Å². The normalized spacial score (nSPS) is 11.9. The number of halogens is 1. The van der Waals surface area contributed by atoms with E-state index in [9.17, 15) is 9.50 Å². The topological polar surface area (TPSA) is 115 Å². The van der Waals surface area contributed by atoms with Crippen molar-refractivity contribution < 1.29 is 9.50 Å². The lowest BCUT2D eigenvalue weighted by molar-refractivity contribution is 0.469. The number of pyridine rings is 2. The number of nitrogens with one attached hydrogen (secondary N) is 3. The van der Waals surface area contributed by atoms with Crippen molar-refractivity contribution in [3.63, 3.8) is 0 Å². The molecule has 0 radical (unpaired) electrons. The Morgan fingerprint density at radius 2 is 2.06 bits per heavy atom. The molecule has 4 N–H and O–H groups in total. The summed E-state index contributed by atoms with van der Waals surface area (Å²) < 4.78 is 13.9. The molecule has 0 fully saturated rings. The number of nitrogens with zero attached hydrogens (tertiary/aromatic N) is 4. The first-order valence-electron chi connectivity index (χ1n) is 9.74. The zero-order chi connectivity index (χ0) is 22.2. The average molecular weight is 427 g/mol. The Morgan fingerprint density at radius 1 is 1.19 bits per heavy atom. The minimum absolute atomic E-state index is 0.136. The summed E-state index contributed by atoms with van der Waals surface area (Å²) in [5, 5.41) is 22.6. The number of fused-ring (bicyclic) bond motifs is 2. The van der Waals surface area contributed by atoms with Crippen molar-refractivity contribution in [1.82, 2.24) is 30.6 Å². The van der Waals surface area contributed by atoms with Crippen LogP contribution < -0.4 is 5.43 Å². The number of H-pyrrole nitrogens is 2. The highest BCUT2D eigenvalue weighted by atomic mass is 19.1. The number of rotatable bonds is 5. The molecule has 5 rings (SSSR count). The smallest absolute Gasteiger partial charge is 0.138 e. The van der Waals surface area contributed by atoms with Gasteiger partial charge in [-0.25, -0.2) is 9.37 Å². The van der Waals surface area contributed by atoms with Crippen LogP contribution in [0.25, 0.3) is 50.0 Å². The van der Waals surface area contributed by atoms with Crippen LogP contribution in [0.2, 0.25) is 0 Å². The van der Waals surface area contributed by atoms with Gasteiger partial charge in [0.1, 0.15) is 22.9 Å². The molecule has 0 saturated heterocycles. The van der Waals surface area contributed by atoms with Crippen molar-refractivity contribution in [2.24, 2.45) is 5.10 Å². The molecule has 5 aromatic rings. The molecule has 8 nitrogen and oxygen atoms in total. The number of phenolic OH excluding ortho intramolecular Hbond substituents is 1. The van der Waals surface area contributed by atoms with Gasteiger partial charge in [0.05, 0.1) is 23.1 Å². The molecule has 0 unspecified atom stereocenters. The molecule has 9 heteroatoms. The van der Waals surface area contributed by atoms with Crippen molar-refractivity contribution in [3.8, 4) is 28.3 Å². The van der Waals surface area contributed by atoms with Gasteiger partial charge in [-0.15, -0.1) is 0 Å². The highest BCUT2D eigenvalue weighted by molar-refractivity contribution is 6.00. The second kappa shape index (κ2) is 7.62. The number of hydrogen-bond donors (Lipinski definition) is 4. The highest BCUT2D eigenvalue weighted by Gasteiger charge is 2.16. The van der Waals surface area contributed by atoms with Crippen LogP contribution in [-0.4, -0.2) is 37.0 Å². The molecule has 0 aliphatic carbocycles. The number of aromatic amines is 2. The molecule has 0 spiro atoms. The molecule has 1 aromatic carbocycles. The lowest BCUT2D eigenvalue weighted by Crippen LogP contribution is -1.94. The molecule has 4 aromatic heterocycles. The predicted octanol–water partition coefficient (Wildman–Crippen LogP) is 4.58. The zero-order valence-electron chi connectivity index (χ0n) is 17.0. The predicted molar refractivity (Wildman–Crippen MR) is 122 cm³/mol. The van der Waals surface area contributed by atoms with Crippen LogP contribution in [0.5, 0.6) is 5.75 Å². The fourth-order valence-corrected chi connectivity index (χ4v) is 3.69. The Kier molecular flexibility index (Phi) is 4.63. The molecule has 0 amide bonds. The Balaban J connectivity index is 1.65. The second-order valence-electron chi connectivity index (χ2n) is 7.30. The summed E-state index contributed by atoms with van der Waals surface area (Å²) in [6, 6.07) is 9.62. The van der Waals surface area contributed by atoms with E-state index in [-0.39, 0.29) is 5.75 Å². The number of hydrazone groups is 1. The van der Waals surface area contributed by atoms with Crippen LogP contribution in [0, 0.1) is 5.82 Å². The molecule has 0 bridgehead atoms. The molecular weight excluding hydrogens is 409 g/mol. The molecule has 0 atom stereocenters. The maximum atomic E-state index is 13.9. The quantitative estimate of drug-likeness (QED) is 0.242. The van der Waals surface area contributed by atoms with E-state index in [4.69, 9.17) is 0 Å². The second-order valence-corrected chi connectivity index (χ2v) is 7.30. The van der Waals surface area contributed by atoms with Gasteiger partial charge in [-0.05, 0) is 54.0 Å². The van der Waals surface area contributed by atoms with Crippen LogP contribution >= 0.6 is 0 Å².